The molecule has 50 valence electrons. The topological polar surface area (TPSA) is 34.4 Å². The van der Waals surface area contributed by atoms with Gasteiger partial charge >= 0.3 is 0 Å². The maximum atomic E-state index is 10.3. The summed E-state index contributed by atoms with van der Waals surface area (Å²) >= 11 is 1.57. The molecule has 0 aliphatic rings. The summed E-state index contributed by atoms with van der Waals surface area (Å²) in [6.45, 7) is 0. The predicted octanol–water partition coefficient (Wildman–Crippen LogP) is 1.21. The summed E-state index contributed by atoms with van der Waals surface area (Å²) in [6.07, 6.45) is 4.27. The van der Waals surface area contributed by atoms with Crippen LogP contribution < -0.4 is 0 Å². The molecule has 0 fully saturated rings. The fourth-order valence-electron chi connectivity index (χ4n) is 0.844. The van der Waals surface area contributed by atoms with Gasteiger partial charge in [0.25, 0.3) is 0 Å². The van der Waals surface area contributed by atoms with Crippen molar-refractivity contribution >= 4 is 22.5 Å². The van der Waals surface area contributed by atoms with Crippen molar-refractivity contribution in [3.63, 3.8) is 0 Å². The molecule has 0 saturated heterocycles. The summed E-state index contributed by atoms with van der Waals surface area (Å²) in [6, 6.07) is 0. The summed E-state index contributed by atoms with van der Waals surface area (Å²) in [4.78, 5) is 15.2. The Balaban J connectivity index is 2.88. The number of imidazole rings is 1. The third-order valence-electron chi connectivity index (χ3n) is 1.30. The summed E-state index contributed by atoms with van der Waals surface area (Å²) in [5, 5.41) is 1.92. The average molecular weight is 152 g/mol. The van der Waals surface area contributed by atoms with E-state index in [0.29, 0.717) is 5.82 Å². The zero-order valence-corrected chi connectivity index (χ0v) is 5.84. The smallest absolute Gasteiger partial charge is 0.185 e. The zero-order chi connectivity index (χ0) is 6.97. The van der Waals surface area contributed by atoms with Crippen LogP contribution in [0.15, 0.2) is 17.8 Å². The van der Waals surface area contributed by atoms with Gasteiger partial charge in [0.1, 0.15) is 4.83 Å². The number of aldehydes is 1. The SMILES string of the molecule is O=Cc1ncc2sccn12. The molecule has 2 rings (SSSR count). The van der Waals surface area contributed by atoms with Gasteiger partial charge in [0.2, 0.25) is 0 Å². The molecule has 10 heavy (non-hydrogen) atoms. The minimum Gasteiger partial charge on any atom is -0.294 e. The lowest BCUT2D eigenvalue weighted by Crippen LogP contribution is -1.86. The number of rotatable bonds is 1. The molecule has 0 radical (unpaired) electrons. The number of carbonyl (C=O) groups is 1. The maximum Gasteiger partial charge on any atom is 0.185 e. The van der Waals surface area contributed by atoms with E-state index in [-0.39, 0.29) is 0 Å². The first-order chi connectivity index (χ1) is 4.92. The van der Waals surface area contributed by atoms with E-state index in [0.717, 1.165) is 11.1 Å². The van der Waals surface area contributed by atoms with Gasteiger partial charge < -0.3 is 0 Å². The molecule has 0 atom stereocenters. The normalized spacial score (nSPS) is 10.4. The highest BCUT2D eigenvalue weighted by atomic mass is 32.1. The zero-order valence-electron chi connectivity index (χ0n) is 5.02. The first-order valence-corrected chi connectivity index (χ1v) is 3.65. The van der Waals surface area contributed by atoms with Crippen molar-refractivity contribution < 1.29 is 4.79 Å². The van der Waals surface area contributed by atoms with Crippen molar-refractivity contribution in [3.05, 3.63) is 23.6 Å². The van der Waals surface area contributed by atoms with Crippen LogP contribution in [0.2, 0.25) is 0 Å². The average Bonchev–Trinajstić information content (AvgIpc) is 2.44. The van der Waals surface area contributed by atoms with Crippen LogP contribution in [-0.4, -0.2) is 15.7 Å². The molecule has 0 N–H and O–H groups in total. The van der Waals surface area contributed by atoms with Gasteiger partial charge in [0.05, 0.1) is 6.20 Å². The predicted molar refractivity (Wildman–Crippen MR) is 38.5 cm³/mol. The highest BCUT2D eigenvalue weighted by molar-refractivity contribution is 7.15. The van der Waals surface area contributed by atoms with E-state index >= 15 is 0 Å². The summed E-state index contributed by atoms with van der Waals surface area (Å²) in [5.74, 6) is 0.469. The second-order valence-electron chi connectivity index (χ2n) is 1.85. The number of fused-ring (bicyclic) bond motifs is 1. The van der Waals surface area contributed by atoms with Crippen molar-refractivity contribution in [2.45, 2.75) is 0 Å². The van der Waals surface area contributed by atoms with Crippen LogP contribution >= 0.6 is 11.3 Å². The van der Waals surface area contributed by atoms with Gasteiger partial charge in [-0.25, -0.2) is 4.98 Å². The Bertz CT molecular complexity index is 362. The van der Waals surface area contributed by atoms with E-state index in [1.165, 1.54) is 0 Å². The number of hydrogen-bond donors (Lipinski definition) is 0. The molecule has 0 saturated carbocycles. The monoisotopic (exact) mass is 152 g/mol. The lowest BCUT2D eigenvalue weighted by molar-refractivity contribution is 0.111. The van der Waals surface area contributed by atoms with Gasteiger partial charge in [-0.15, -0.1) is 11.3 Å². The molecule has 2 aromatic rings. The Kier molecular flexibility index (Phi) is 1.07. The number of nitrogens with zero attached hydrogens (tertiary/aromatic N) is 2. The van der Waals surface area contributed by atoms with Crippen LogP contribution in [0.3, 0.4) is 0 Å². The molecule has 0 aliphatic carbocycles. The lowest BCUT2D eigenvalue weighted by atomic mass is 10.7. The number of hydrogen-bond acceptors (Lipinski definition) is 3. The quantitative estimate of drug-likeness (QED) is 0.575. The largest absolute Gasteiger partial charge is 0.294 e. The van der Waals surface area contributed by atoms with Crippen molar-refractivity contribution in [2.75, 3.05) is 0 Å². The molecule has 0 aromatic carbocycles. The Morgan fingerprint density at radius 2 is 2.60 bits per heavy atom. The Labute approximate surface area is 60.9 Å². The van der Waals surface area contributed by atoms with Crippen LogP contribution in [-0.2, 0) is 0 Å². The van der Waals surface area contributed by atoms with E-state index in [2.05, 4.69) is 4.98 Å². The van der Waals surface area contributed by atoms with Crippen LogP contribution in [0.25, 0.3) is 4.83 Å². The summed E-state index contributed by atoms with van der Waals surface area (Å²) in [7, 11) is 0. The number of thiazole rings is 1. The van der Waals surface area contributed by atoms with Crippen molar-refractivity contribution in [2.24, 2.45) is 0 Å². The Hall–Kier alpha value is -1.16. The van der Waals surface area contributed by atoms with Crippen LogP contribution in [0.5, 0.6) is 0 Å². The minimum atomic E-state index is 0.469. The molecule has 2 aromatic heterocycles. The van der Waals surface area contributed by atoms with E-state index in [4.69, 9.17) is 0 Å². The fourth-order valence-corrected chi connectivity index (χ4v) is 1.55. The molecule has 4 heteroatoms. The van der Waals surface area contributed by atoms with Gasteiger partial charge in [-0.05, 0) is 0 Å². The van der Waals surface area contributed by atoms with Crippen LogP contribution in [0.1, 0.15) is 10.6 Å². The second kappa shape index (κ2) is 1.91. The molecule has 3 nitrogen and oxygen atoms in total. The lowest BCUT2D eigenvalue weighted by Gasteiger charge is -1.81. The molecule has 0 unspecified atom stereocenters. The maximum absolute atomic E-state index is 10.3. The van der Waals surface area contributed by atoms with E-state index in [9.17, 15) is 4.79 Å². The van der Waals surface area contributed by atoms with E-state index in [1.807, 2.05) is 11.6 Å². The number of carbonyl (C=O) groups excluding carboxylic acids is 1. The highest BCUT2D eigenvalue weighted by Crippen LogP contribution is 2.11. The third kappa shape index (κ3) is 0.593. The Morgan fingerprint density at radius 3 is 3.40 bits per heavy atom. The van der Waals surface area contributed by atoms with Crippen molar-refractivity contribution in [1.82, 2.24) is 9.38 Å². The standard InChI is InChI=1S/C6H4N2OS/c9-4-5-7-3-6-8(5)1-2-10-6/h1-4H. The van der Waals surface area contributed by atoms with Gasteiger partial charge in [0, 0.05) is 11.6 Å². The third-order valence-corrected chi connectivity index (χ3v) is 2.10. The van der Waals surface area contributed by atoms with Crippen molar-refractivity contribution in [3.8, 4) is 0 Å². The first kappa shape index (κ1) is 5.61. The van der Waals surface area contributed by atoms with Crippen LogP contribution in [0, 0.1) is 0 Å². The van der Waals surface area contributed by atoms with Crippen molar-refractivity contribution in [1.29, 1.82) is 0 Å². The number of aromatic nitrogens is 2. The molecular formula is C6H4N2OS. The summed E-state index contributed by atoms with van der Waals surface area (Å²) < 4.78 is 1.76. The molecule has 0 amide bonds. The molecule has 2 heterocycles. The molecule has 0 bridgehead atoms. The summed E-state index contributed by atoms with van der Waals surface area (Å²) in [5.41, 5.74) is 0. The highest BCUT2D eigenvalue weighted by Gasteiger charge is 2.00. The second-order valence-corrected chi connectivity index (χ2v) is 2.77. The van der Waals surface area contributed by atoms with Crippen LogP contribution in [0.4, 0.5) is 0 Å². The Morgan fingerprint density at radius 1 is 1.70 bits per heavy atom. The minimum absolute atomic E-state index is 0.469. The molecular weight excluding hydrogens is 148 g/mol. The van der Waals surface area contributed by atoms with Gasteiger partial charge in [-0.1, -0.05) is 0 Å². The fraction of sp³-hybridized carbons (Fsp3) is 0. The molecule has 0 aliphatic heterocycles. The van der Waals surface area contributed by atoms with Gasteiger partial charge in [0.15, 0.2) is 12.1 Å². The van der Waals surface area contributed by atoms with E-state index in [1.54, 1.807) is 21.9 Å². The van der Waals surface area contributed by atoms with Gasteiger partial charge in [-0.2, -0.15) is 0 Å². The van der Waals surface area contributed by atoms with E-state index < -0.39 is 0 Å². The van der Waals surface area contributed by atoms with Gasteiger partial charge in [-0.3, -0.25) is 9.20 Å². The molecule has 0 spiro atoms. The first-order valence-electron chi connectivity index (χ1n) is 2.77.